The first-order valence-corrected chi connectivity index (χ1v) is 9.24. The van der Waals surface area contributed by atoms with Crippen LogP contribution in [0.4, 0.5) is 0 Å². The maximum absolute atomic E-state index is 13.1. The van der Waals surface area contributed by atoms with Crippen LogP contribution >= 0.6 is 0 Å². The summed E-state index contributed by atoms with van der Waals surface area (Å²) in [5.41, 5.74) is 2.93. The van der Waals surface area contributed by atoms with E-state index in [1.54, 1.807) is 0 Å². The second-order valence-corrected chi connectivity index (χ2v) is 9.31. The van der Waals surface area contributed by atoms with E-state index in [1.807, 2.05) is 0 Å². The fraction of sp³-hybridized carbons (Fsp3) is 0.714. The molecular weight excluding hydrogens is 282 g/mol. The van der Waals surface area contributed by atoms with Crippen molar-refractivity contribution < 1.29 is 4.65 Å². The van der Waals surface area contributed by atoms with Crippen LogP contribution in [0.2, 0.25) is 0 Å². The van der Waals surface area contributed by atoms with Crippen LogP contribution in [0, 0.1) is 23.0 Å². The number of piperidine rings is 1. The maximum Gasteiger partial charge on any atom is 0.0813 e. The van der Waals surface area contributed by atoms with E-state index in [0.717, 1.165) is 26.1 Å². The molecule has 0 amide bonds. The van der Waals surface area contributed by atoms with Crippen molar-refractivity contribution >= 4 is 0 Å². The van der Waals surface area contributed by atoms with Crippen molar-refractivity contribution in [2.24, 2.45) is 17.8 Å². The number of hydrogen-bond acceptors (Lipinski definition) is 1. The summed E-state index contributed by atoms with van der Waals surface area (Å²) < 4.78 is 0.0174. The minimum absolute atomic E-state index is 0.0174. The van der Waals surface area contributed by atoms with Gasteiger partial charge < -0.3 is 9.85 Å². The first-order valence-electron chi connectivity index (χ1n) is 9.24. The highest BCUT2D eigenvalue weighted by molar-refractivity contribution is 5.27. The van der Waals surface area contributed by atoms with Crippen LogP contribution in [0.1, 0.15) is 59.1 Å². The normalized spacial score (nSPS) is 30.2. The van der Waals surface area contributed by atoms with Crippen molar-refractivity contribution in [2.45, 2.75) is 59.8 Å². The Bertz CT molecular complexity index is 490. The van der Waals surface area contributed by atoms with E-state index in [4.69, 9.17) is 0 Å². The summed E-state index contributed by atoms with van der Waals surface area (Å²) >= 11 is 0. The predicted molar refractivity (Wildman–Crippen MR) is 99.2 cm³/mol. The van der Waals surface area contributed by atoms with Crippen LogP contribution in [0.5, 0.6) is 0 Å². The monoisotopic (exact) mass is 317 g/mol. The van der Waals surface area contributed by atoms with Gasteiger partial charge in [0.1, 0.15) is 0 Å². The largest absolute Gasteiger partial charge is 0.633 e. The Hall–Kier alpha value is -0.860. The Balaban J connectivity index is 1.95. The number of benzene rings is 1. The molecule has 0 saturated carbocycles. The fourth-order valence-electron chi connectivity index (χ4n) is 4.37. The second-order valence-electron chi connectivity index (χ2n) is 9.31. The van der Waals surface area contributed by atoms with Gasteiger partial charge in [-0.15, -0.1) is 0 Å². The van der Waals surface area contributed by atoms with Gasteiger partial charge in [-0.05, 0) is 29.4 Å². The van der Waals surface area contributed by atoms with Gasteiger partial charge in [0.05, 0.1) is 19.6 Å². The average Bonchev–Trinajstić information content (AvgIpc) is 2.35. The summed E-state index contributed by atoms with van der Waals surface area (Å²) in [6.07, 6.45) is 2.22. The molecule has 0 spiro atoms. The highest BCUT2D eigenvalue weighted by Crippen LogP contribution is 2.28. The van der Waals surface area contributed by atoms with Crippen molar-refractivity contribution in [3.05, 3.63) is 40.6 Å². The van der Waals surface area contributed by atoms with E-state index in [1.165, 1.54) is 17.5 Å². The second kappa shape index (κ2) is 6.94. The number of quaternary nitrogens is 1. The Morgan fingerprint density at radius 3 is 2.09 bits per heavy atom. The van der Waals surface area contributed by atoms with Gasteiger partial charge in [-0.3, -0.25) is 0 Å². The molecule has 1 aromatic rings. The number of hydrogen-bond donors (Lipinski definition) is 0. The maximum atomic E-state index is 13.1. The standard InChI is InChI=1S/C21H35NO/c1-16-11-17(2)14-22(23,13-16)15-18(3)12-19-7-9-20(10-8-19)21(4,5)6/h7-10,16-18H,11-15H2,1-6H3. The molecule has 0 aliphatic carbocycles. The lowest BCUT2D eigenvalue weighted by atomic mass is 9.86. The van der Waals surface area contributed by atoms with Gasteiger partial charge in [-0.1, -0.05) is 65.8 Å². The minimum Gasteiger partial charge on any atom is -0.633 e. The topological polar surface area (TPSA) is 23.1 Å². The Morgan fingerprint density at radius 2 is 1.61 bits per heavy atom. The van der Waals surface area contributed by atoms with Crippen LogP contribution in [0.15, 0.2) is 24.3 Å². The Kier molecular flexibility index (Phi) is 5.58. The van der Waals surface area contributed by atoms with E-state index in [0.29, 0.717) is 17.8 Å². The van der Waals surface area contributed by atoms with Gasteiger partial charge in [0.25, 0.3) is 0 Å². The summed E-state index contributed by atoms with van der Waals surface area (Å²) in [5.74, 6) is 1.56. The molecular formula is C21H35NO. The molecule has 2 rings (SSSR count). The zero-order valence-corrected chi connectivity index (χ0v) is 15.9. The van der Waals surface area contributed by atoms with Crippen molar-refractivity contribution in [1.82, 2.24) is 0 Å². The fourth-order valence-corrected chi connectivity index (χ4v) is 4.37. The third kappa shape index (κ3) is 5.32. The molecule has 0 bridgehead atoms. The van der Waals surface area contributed by atoms with Gasteiger partial charge >= 0.3 is 0 Å². The number of likely N-dealkylation sites (tertiary alicyclic amines) is 1. The van der Waals surface area contributed by atoms with Crippen LogP contribution in [-0.4, -0.2) is 24.3 Å². The molecule has 2 heteroatoms. The molecule has 1 aliphatic heterocycles. The molecule has 1 fully saturated rings. The number of nitrogens with zero attached hydrogens (tertiary/aromatic N) is 1. The molecule has 1 aromatic carbocycles. The molecule has 0 N–H and O–H groups in total. The van der Waals surface area contributed by atoms with Crippen molar-refractivity contribution in [3.8, 4) is 0 Å². The van der Waals surface area contributed by atoms with E-state index < -0.39 is 0 Å². The van der Waals surface area contributed by atoms with Gasteiger partial charge in [-0.2, -0.15) is 0 Å². The number of rotatable bonds is 4. The SMILES string of the molecule is CC(Cc1ccc(C(C)(C)C)cc1)C[N+]1([O-])CC(C)CC(C)C1. The highest BCUT2D eigenvalue weighted by Gasteiger charge is 2.31. The predicted octanol–water partition coefficient (Wildman–Crippen LogP) is 5.15. The summed E-state index contributed by atoms with van der Waals surface area (Å²) in [7, 11) is 0. The third-order valence-corrected chi connectivity index (χ3v) is 5.14. The summed E-state index contributed by atoms with van der Waals surface area (Å²) in [4.78, 5) is 0. The summed E-state index contributed by atoms with van der Waals surface area (Å²) in [6, 6.07) is 8.98. The van der Waals surface area contributed by atoms with Gasteiger partial charge in [0, 0.05) is 17.8 Å². The smallest absolute Gasteiger partial charge is 0.0813 e. The summed E-state index contributed by atoms with van der Waals surface area (Å²) in [6.45, 7) is 15.8. The number of hydroxylamine groups is 3. The molecule has 130 valence electrons. The van der Waals surface area contributed by atoms with Gasteiger partial charge in [0.2, 0.25) is 0 Å². The van der Waals surface area contributed by atoms with Gasteiger partial charge in [0.15, 0.2) is 0 Å². The molecule has 1 aliphatic rings. The summed E-state index contributed by atoms with van der Waals surface area (Å²) in [5, 5.41) is 13.1. The van der Waals surface area contributed by atoms with Gasteiger partial charge in [-0.25, -0.2) is 0 Å². The van der Waals surface area contributed by atoms with Crippen LogP contribution in [0.25, 0.3) is 0 Å². The minimum atomic E-state index is 0.0174. The lowest BCUT2D eigenvalue weighted by Crippen LogP contribution is -2.53. The zero-order valence-electron chi connectivity index (χ0n) is 15.9. The molecule has 0 radical (unpaired) electrons. The average molecular weight is 318 g/mol. The molecule has 1 saturated heterocycles. The molecule has 2 nitrogen and oxygen atoms in total. The lowest BCUT2D eigenvalue weighted by molar-refractivity contribution is -0.895. The van der Waals surface area contributed by atoms with Crippen molar-refractivity contribution in [1.29, 1.82) is 0 Å². The van der Waals surface area contributed by atoms with E-state index in [-0.39, 0.29) is 10.1 Å². The van der Waals surface area contributed by atoms with Crippen LogP contribution < -0.4 is 0 Å². The highest BCUT2D eigenvalue weighted by atomic mass is 16.5. The molecule has 3 unspecified atom stereocenters. The quantitative estimate of drug-likeness (QED) is 0.556. The lowest BCUT2D eigenvalue weighted by Gasteiger charge is -2.51. The molecule has 3 atom stereocenters. The first-order chi connectivity index (χ1) is 10.6. The van der Waals surface area contributed by atoms with Crippen molar-refractivity contribution in [3.63, 3.8) is 0 Å². The molecule has 23 heavy (non-hydrogen) atoms. The Labute approximate surface area is 143 Å². The van der Waals surface area contributed by atoms with Crippen LogP contribution in [0.3, 0.4) is 0 Å². The van der Waals surface area contributed by atoms with E-state index in [2.05, 4.69) is 65.8 Å². The van der Waals surface area contributed by atoms with Crippen LogP contribution in [-0.2, 0) is 11.8 Å². The third-order valence-electron chi connectivity index (χ3n) is 5.14. The van der Waals surface area contributed by atoms with E-state index in [9.17, 15) is 5.21 Å². The first kappa shape index (κ1) is 18.5. The van der Waals surface area contributed by atoms with Crippen molar-refractivity contribution in [2.75, 3.05) is 19.6 Å². The molecule has 0 aromatic heterocycles. The zero-order chi connectivity index (χ0) is 17.3. The Morgan fingerprint density at radius 1 is 1.09 bits per heavy atom. The molecule has 1 heterocycles. The van der Waals surface area contributed by atoms with E-state index >= 15 is 0 Å².